The number of carbonyl (C=O) groups excluding carboxylic acids is 2. The first-order chi connectivity index (χ1) is 14.7. The first-order valence-corrected chi connectivity index (χ1v) is 11.0. The Balaban J connectivity index is 1.38. The molecule has 4 aliphatic carbocycles. The summed E-state index contributed by atoms with van der Waals surface area (Å²) in [5, 5.41) is 0. The third-order valence-corrected chi connectivity index (χ3v) is 7.51. The van der Waals surface area contributed by atoms with Gasteiger partial charge >= 0.3 is 11.9 Å². The Morgan fingerprint density at radius 2 is 1.30 bits per heavy atom. The Hall–Kier alpha value is -2.94. The van der Waals surface area contributed by atoms with E-state index in [1.54, 1.807) is 0 Å². The molecule has 2 aromatic rings. The highest BCUT2D eigenvalue weighted by Crippen LogP contribution is 2.58. The average molecular weight is 396 g/mol. The maximum absolute atomic E-state index is 12.7. The normalized spacial score (nSPS) is 31.0. The van der Waals surface area contributed by atoms with E-state index in [4.69, 9.17) is 4.74 Å². The molecular formula is C27H24O3. The second-order valence-corrected chi connectivity index (χ2v) is 9.36. The second-order valence-electron chi connectivity index (χ2n) is 9.36. The molecule has 4 bridgehead atoms. The largest absolute Gasteiger partial charge is 0.386 e. The van der Waals surface area contributed by atoms with Crippen LogP contribution in [0.25, 0.3) is 17.2 Å². The minimum Gasteiger partial charge on any atom is -0.386 e. The number of hydrogen-bond donors (Lipinski definition) is 0. The third kappa shape index (κ3) is 2.87. The number of carbonyl (C=O) groups is 2. The lowest BCUT2D eigenvalue weighted by molar-refractivity contribution is -0.149. The summed E-state index contributed by atoms with van der Waals surface area (Å²) >= 11 is 0. The van der Waals surface area contributed by atoms with Crippen LogP contribution in [0.1, 0.15) is 37.7 Å². The molecule has 1 saturated heterocycles. The van der Waals surface area contributed by atoms with E-state index in [9.17, 15) is 9.59 Å². The number of benzene rings is 2. The van der Waals surface area contributed by atoms with Gasteiger partial charge in [0.25, 0.3) is 0 Å². The zero-order valence-electron chi connectivity index (χ0n) is 16.8. The van der Waals surface area contributed by atoms with Crippen LogP contribution in [-0.2, 0) is 14.3 Å². The molecule has 0 radical (unpaired) electrons. The first-order valence-electron chi connectivity index (χ1n) is 11.0. The molecule has 1 aliphatic heterocycles. The molecule has 3 heteroatoms. The van der Waals surface area contributed by atoms with E-state index in [1.165, 1.54) is 37.7 Å². The van der Waals surface area contributed by atoms with Gasteiger partial charge in [0.2, 0.25) is 0 Å². The monoisotopic (exact) mass is 396 g/mol. The molecule has 3 nitrogen and oxygen atoms in total. The van der Waals surface area contributed by atoms with Crippen molar-refractivity contribution in [2.75, 3.05) is 0 Å². The smallest absolute Gasteiger partial charge is 0.346 e. The fourth-order valence-corrected chi connectivity index (χ4v) is 6.48. The Morgan fingerprint density at radius 3 is 1.93 bits per heavy atom. The Morgan fingerprint density at radius 1 is 0.700 bits per heavy atom. The second kappa shape index (κ2) is 6.80. The summed E-state index contributed by atoms with van der Waals surface area (Å²) < 4.78 is 5.10. The van der Waals surface area contributed by atoms with E-state index in [0.29, 0.717) is 23.0 Å². The number of hydrogen-bond acceptors (Lipinski definition) is 3. The van der Waals surface area contributed by atoms with Crippen LogP contribution in [0.2, 0.25) is 0 Å². The van der Waals surface area contributed by atoms with Gasteiger partial charge in [-0.2, -0.15) is 0 Å². The Bertz CT molecular complexity index is 1060. The third-order valence-electron chi connectivity index (χ3n) is 7.51. The van der Waals surface area contributed by atoms with Crippen molar-refractivity contribution in [3.05, 3.63) is 76.9 Å². The van der Waals surface area contributed by atoms with Crippen LogP contribution in [0.15, 0.2) is 71.3 Å². The SMILES string of the molecule is O=C1OC(=O)C(=C2C3CC4CC(C3)CC2C4)C1=Cc1ccc(-c2ccccc2)cc1. The highest BCUT2D eigenvalue weighted by Gasteiger charge is 2.49. The van der Waals surface area contributed by atoms with Gasteiger partial charge in [-0.1, -0.05) is 54.6 Å². The van der Waals surface area contributed by atoms with Gasteiger partial charge in [0.05, 0.1) is 11.1 Å². The van der Waals surface area contributed by atoms with E-state index in [2.05, 4.69) is 24.3 Å². The molecule has 5 fully saturated rings. The number of rotatable bonds is 2. The lowest BCUT2D eigenvalue weighted by atomic mass is 9.53. The standard InChI is InChI=1S/C27H24O3/c28-26-23(15-16-6-8-20(9-7-16)19-4-2-1-3-5-19)25(27(29)30-26)24-21-11-17-10-18(13-21)14-22(24)12-17/h1-9,15,17-18,21-22H,10-14H2. The summed E-state index contributed by atoms with van der Waals surface area (Å²) in [5.74, 6) is 1.60. The minimum absolute atomic E-state index is 0.436. The zero-order valence-corrected chi connectivity index (χ0v) is 16.8. The molecule has 0 unspecified atom stereocenters. The predicted molar refractivity (Wildman–Crippen MR) is 115 cm³/mol. The van der Waals surface area contributed by atoms with Gasteiger partial charge in [-0.05, 0) is 84.1 Å². The van der Waals surface area contributed by atoms with Crippen molar-refractivity contribution in [3.8, 4) is 11.1 Å². The van der Waals surface area contributed by atoms with E-state index in [-0.39, 0.29) is 0 Å². The van der Waals surface area contributed by atoms with Gasteiger partial charge in [-0.25, -0.2) is 9.59 Å². The summed E-state index contributed by atoms with van der Waals surface area (Å²) in [6.45, 7) is 0. The molecule has 2 aromatic carbocycles. The molecule has 30 heavy (non-hydrogen) atoms. The molecule has 4 saturated carbocycles. The van der Waals surface area contributed by atoms with E-state index in [0.717, 1.165) is 28.5 Å². The molecule has 150 valence electrons. The molecule has 0 spiro atoms. The molecule has 0 aromatic heterocycles. The lowest BCUT2D eigenvalue weighted by Crippen LogP contribution is -2.41. The summed E-state index contributed by atoms with van der Waals surface area (Å²) in [6, 6.07) is 18.3. The van der Waals surface area contributed by atoms with Crippen molar-refractivity contribution in [3.63, 3.8) is 0 Å². The van der Waals surface area contributed by atoms with Crippen LogP contribution in [0.4, 0.5) is 0 Å². The van der Waals surface area contributed by atoms with Crippen molar-refractivity contribution >= 4 is 18.0 Å². The summed E-state index contributed by atoms with van der Waals surface area (Å²) in [7, 11) is 0. The molecular weight excluding hydrogens is 372 g/mol. The van der Waals surface area contributed by atoms with E-state index in [1.807, 2.05) is 36.4 Å². The fourth-order valence-electron chi connectivity index (χ4n) is 6.48. The van der Waals surface area contributed by atoms with Gasteiger partial charge in [-0.15, -0.1) is 0 Å². The van der Waals surface area contributed by atoms with Crippen molar-refractivity contribution < 1.29 is 14.3 Å². The number of allylic oxidation sites excluding steroid dienone is 1. The van der Waals surface area contributed by atoms with Crippen molar-refractivity contribution in [2.45, 2.75) is 32.1 Å². The number of esters is 2. The lowest BCUT2D eigenvalue weighted by Gasteiger charge is -2.51. The van der Waals surface area contributed by atoms with E-state index >= 15 is 0 Å². The highest BCUT2D eigenvalue weighted by atomic mass is 16.6. The van der Waals surface area contributed by atoms with Crippen molar-refractivity contribution in [1.82, 2.24) is 0 Å². The number of ether oxygens (including phenoxy) is 1. The zero-order chi connectivity index (χ0) is 20.2. The van der Waals surface area contributed by atoms with Crippen LogP contribution in [0, 0.1) is 23.7 Å². The average Bonchev–Trinajstić information content (AvgIpc) is 3.02. The van der Waals surface area contributed by atoms with Crippen molar-refractivity contribution in [2.24, 2.45) is 23.7 Å². The number of cyclic esters (lactones) is 2. The van der Waals surface area contributed by atoms with Crippen LogP contribution >= 0.6 is 0 Å². The summed E-state index contributed by atoms with van der Waals surface area (Å²) in [6.07, 6.45) is 7.89. The van der Waals surface area contributed by atoms with Crippen LogP contribution in [0.5, 0.6) is 0 Å². The van der Waals surface area contributed by atoms with Crippen LogP contribution in [0.3, 0.4) is 0 Å². The maximum atomic E-state index is 12.7. The van der Waals surface area contributed by atoms with Gasteiger partial charge < -0.3 is 4.74 Å². The molecule has 0 atom stereocenters. The minimum atomic E-state index is -0.497. The quantitative estimate of drug-likeness (QED) is 0.378. The maximum Gasteiger partial charge on any atom is 0.346 e. The Labute approximate surface area is 176 Å². The van der Waals surface area contributed by atoms with Crippen LogP contribution < -0.4 is 0 Å². The molecule has 7 rings (SSSR count). The first kappa shape index (κ1) is 17.9. The topological polar surface area (TPSA) is 43.4 Å². The van der Waals surface area contributed by atoms with Gasteiger partial charge in [0.1, 0.15) is 0 Å². The summed E-state index contributed by atoms with van der Waals surface area (Å²) in [4.78, 5) is 25.3. The summed E-state index contributed by atoms with van der Waals surface area (Å²) in [5.41, 5.74) is 5.46. The van der Waals surface area contributed by atoms with Gasteiger partial charge in [0.15, 0.2) is 0 Å². The molecule has 0 N–H and O–H groups in total. The fraction of sp³-hybridized carbons (Fsp3) is 0.333. The Kier molecular flexibility index (Phi) is 4.05. The van der Waals surface area contributed by atoms with E-state index < -0.39 is 11.9 Å². The van der Waals surface area contributed by atoms with Gasteiger partial charge in [0, 0.05) is 0 Å². The molecule has 1 heterocycles. The molecule has 5 aliphatic rings. The highest BCUT2D eigenvalue weighted by molar-refractivity contribution is 6.20. The molecule has 0 amide bonds. The van der Waals surface area contributed by atoms with Gasteiger partial charge in [-0.3, -0.25) is 0 Å². The van der Waals surface area contributed by atoms with Crippen molar-refractivity contribution in [1.29, 1.82) is 0 Å². The van der Waals surface area contributed by atoms with Crippen LogP contribution in [-0.4, -0.2) is 11.9 Å². The predicted octanol–water partition coefficient (Wildman–Crippen LogP) is 5.57.